The Bertz CT molecular complexity index is 1080. The maximum Gasteiger partial charge on any atom is 0.257 e. The van der Waals surface area contributed by atoms with Crippen molar-refractivity contribution in [2.24, 2.45) is 0 Å². The second-order valence-electron chi connectivity index (χ2n) is 7.87. The smallest absolute Gasteiger partial charge is 0.257 e. The van der Waals surface area contributed by atoms with Gasteiger partial charge >= 0.3 is 0 Å². The van der Waals surface area contributed by atoms with E-state index in [1.54, 1.807) is 36.9 Å². The minimum Gasteiger partial charge on any atom is -0.356 e. The Balaban J connectivity index is 1.14. The summed E-state index contributed by atoms with van der Waals surface area (Å²) in [4.78, 5) is 37.0. The van der Waals surface area contributed by atoms with E-state index in [2.05, 4.69) is 40.0 Å². The van der Waals surface area contributed by atoms with Crippen molar-refractivity contribution in [2.45, 2.75) is 11.3 Å². The zero-order valence-corrected chi connectivity index (χ0v) is 18.7. The van der Waals surface area contributed by atoms with E-state index in [0.29, 0.717) is 22.1 Å². The molecule has 0 unspecified atom stereocenters. The highest BCUT2D eigenvalue weighted by Crippen LogP contribution is 2.22. The SMILES string of the molecule is O=C(Nc1cnc(N2CCN(c3ccc(SF)cn3)CC2)nc1)c1ccc(N2CCC2)nc1. The van der Waals surface area contributed by atoms with Crippen LogP contribution in [0.25, 0.3) is 0 Å². The summed E-state index contributed by atoms with van der Waals surface area (Å²) in [5, 5.41) is 2.82. The molecule has 5 heterocycles. The molecule has 9 nitrogen and oxygen atoms in total. The molecule has 2 saturated heterocycles. The third-order valence-electron chi connectivity index (χ3n) is 5.78. The number of nitrogens with one attached hydrogen (secondary N) is 1. The van der Waals surface area contributed by atoms with Gasteiger partial charge in [-0.25, -0.2) is 19.9 Å². The summed E-state index contributed by atoms with van der Waals surface area (Å²) in [7, 11) is 0. The van der Waals surface area contributed by atoms with Crippen LogP contribution >= 0.6 is 12.1 Å². The second-order valence-corrected chi connectivity index (χ2v) is 8.50. The lowest BCUT2D eigenvalue weighted by Crippen LogP contribution is -2.47. The van der Waals surface area contributed by atoms with Crippen LogP contribution in [0.1, 0.15) is 16.8 Å². The van der Waals surface area contributed by atoms with Gasteiger partial charge in [-0.15, -0.1) is 0 Å². The van der Waals surface area contributed by atoms with Crippen LogP contribution in [-0.4, -0.2) is 65.1 Å². The van der Waals surface area contributed by atoms with E-state index >= 15 is 0 Å². The first-order chi connectivity index (χ1) is 16.2. The van der Waals surface area contributed by atoms with Crippen LogP contribution in [-0.2, 0) is 0 Å². The maximum absolute atomic E-state index is 12.6. The van der Waals surface area contributed by atoms with E-state index in [9.17, 15) is 8.68 Å². The Morgan fingerprint density at radius 2 is 1.42 bits per heavy atom. The number of anilines is 4. The van der Waals surface area contributed by atoms with Crippen molar-refractivity contribution in [1.29, 1.82) is 0 Å². The molecular weight excluding hydrogens is 443 g/mol. The molecule has 1 amide bonds. The Morgan fingerprint density at radius 3 is 1.97 bits per heavy atom. The average molecular weight is 467 g/mol. The van der Waals surface area contributed by atoms with Gasteiger partial charge in [-0.1, -0.05) is 0 Å². The van der Waals surface area contributed by atoms with Gasteiger partial charge in [-0.3, -0.25) is 4.79 Å². The van der Waals surface area contributed by atoms with Crippen LogP contribution in [0.15, 0.2) is 53.9 Å². The number of pyridine rings is 2. The molecule has 170 valence electrons. The molecular formula is C22H23FN8OS. The fourth-order valence-electron chi connectivity index (χ4n) is 3.75. The summed E-state index contributed by atoms with van der Waals surface area (Å²) in [6.45, 7) is 5.03. The van der Waals surface area contributed by atoms with Gasteiger partial charge in [-0.2, -0.15) is 3.89 Å². The number of aromatic nitrogens is 4. The van der Waals surface area contributed by atoms with Gasteiger partial charge < -0.3 is 20.0 Å². The summed E-state index contributed by atoms with van der Waals surface area (Å²) < 4.78 is 12.6. The normalized spacial score (nSPS) is 15.8. The molecule has 0 aromatic carbocycles. The molecule has 0 aliphatic carbocycles. The second kappa shape index (κ2) is 9.57. The van der Waals surface area contributed by atoms with Gasteiger partial charge in [0.05, 0.1) is 40.7 Å². The van der Waals surface area contributed by atoms with Crippen molar-refractivity contribution in [3.8, 4) is 0 Å². The van der Waals surface area contributed by atoms with E-state index in [-0.39, 0.29) is 18.1 Å². The highest BCUT2D eigenvalue weighted by atomic mass is 32.2. The van der Waals surface area contributed by atoms with Crippen molar-refractivity contribution in [3.05, 3.63) is 54.6 Å². The summed E-state index contributed by atoms with van der Waals surface area (Å²) in [6, 6.07) is 7.21. The van der Waals surface area contributed by atoms with Crippen LogP contribution in [0, 0.1) is 0 Å². The fourth-order valence-corrected chi connectivity index (χ4v) is 3.96. The molecule has 3 aromatic rings. The first-order valence-corrected chi connectivity index (χ1v) is 11.5. The monoisotopic (exact) mass is 466 g/mol. The Hall–Kier alpha value is -3.47. The van der Waals surface area contributed by atoms with Crippen LogP contribution in [0.3, 0.4) is 0 Å². The summed E-state index contributed by atoms with van der Waals surface area (Å²) >= 11 is 0.193. The molecule has 0 atom stereocenters. The Kier molecular flexibility index (Phi) is 6.20. The van der Waals surface area contributed by atoms with Crippen molar-refractivity contribution < 1.29 is 8.68 Å². The van der Waals surface area contributed by atoms with E-state index in [4.69, 9.17) is 0 Å². The quantitative estimate of drug-likeness (QED) is 0.589. The van der Waals surface area contributed by atoms with Crippen LogP contribution in [0.4, 0.5) is 27.2 Å². The maximum atomic E-state index is 12.6. The van der Waals surface area contributed by atoms with Crippen molar-refractivity contribution in [2.75, 3.05) is 59.3 Å². The summed E-state index contributed by atoms with van der Waals surface area (Å²) in [5.41, 5.74) is 1.02. The number of amides is 1. The van der Waals surface area contributed by atoms with Crippen LogP contribution < -0.4 is 20.0 Å². The number of carbonyl (C=O) groups is 1. The molecule has 2 aliphatic rings. The largest absolute Gasteiger partial charge is 0.356 e. The molecule has 0 radical (unpaired) electrons. The number of carbonyl (C=O) groups excluding carboxylic acids is 1. The first-order valence-electron chi connectivity index (χ1n) is 10.8. The molecule has 0 bridgehead atoms. The topological polar surface area (TPSA) is 90.4 Å². The van der Waals surface area contributed by atoms with E-state index in [1.807, 2.05) is 12.1 Å². The third-order valence-corrected chi connectivity index (χ3v) is 6.20. The summed E-state index contributed by atoms with van der Waals surface area (Å²) in [6.07, 6.45) is 7.55. The van der Waals surface area contributed by atoms with Gasteiger partial charge in [0.2, 0.25) is 5.95 Å². The van der Waals surface area contributed by atoms with E-state index in [1.165, 1.54) is 6.42 Å². The van der Waals surface area contributed by atoms with Gasteiger partial charge in [0, 0.05) is 51.7 Å². The highest BCUT2D eigenvalue weighted by molar-refractivity contribution is 7.94. The molecule has 5 rings (SSSR count). The molecule has 11 heteroatoms. The highest BCUT2D eigenvalue weighted by Gasteiger charge is 2.20. The minimum absolute atomic E-state index is 0.193. The van der Waals surface area contributed by atoms with Crippen LogP contribution in [0.2, 0.25) is 0 Å². The molecule has 2 aliphatic heterocycles. The lowest BCUT2D eigenvalue weighted by Gasteiger charge is -2.35. The lowest BCUT2D eigenvalue weighted by molar-refractivity contribution is 0.102. The Morgan fingerprint density at radius 1 is 0.788 bits per heavy atom. The van der Waals surface area contributed by atoms with Crippen molar-refractivity contribution >= 4 is 41.3 Å². The number of rotatable bonds is 6. The number of nitrogens with zero attached hydrogens (tertiary/aromatic N) is 7. The lowest BCUT2D eigenvalue weighted by atomic mass is 10.2. The standard InChI is InChI=1S/C22H23FN8OS/c23-33-18-3-5-20(25-15-18)30-8-10-31(11-9-30)22-26-13-17(14-27-22)28-21(32)16-2-4-19(24-12-16)29-6-1-7-29/h2-5,12-15H,1,6-11H2,(H,28,32). The molecule has 1 N–H and O–H groups in total. The fraction of sp³-hybridized carbons (Fsp3) is 0.318. The molecule has 0 saturated carbocycles. The van der Waals surface area contributed by atoms with E-state index in [0.717, 1.165) is 50.9 Å². The zero-order chi connectivity index (χ0) is 22.6. The van der Waals surface area contributed by atoms with Crippen molar-refractivity contribution in [3.63, 3.8) is 0 Å². The number of halogens is 1. The zero-order valence-electron chi connectivity index (χ0n) is 17.9. The van der Waals surface area contributed by atoms with Crippen molar-refractivity contribution in [1.82, 2.24) is 19.9 Å². The molecule has 3 aromatic heterocycles. The van der Waals surface area contributed by atoms with Gasteiger partial charge in [0.1, 0.15) is 11.6 Å². The minimum atomic E-state index is -0.243. The van der Waals surface area contributed by atoms with Gasteiger partial charge in [0.25, 0.3) is 5.91 Å². The third kappa shape index (κ3) is 4.82. The molecule has 0 spiro atoms. The Labute approximate surface area is 195 Å². The molecule has 33 heavy (non-hydrogen) atoms. The van der Waals surface area contributed by atoms with E-state index < -0.39 is 0 Å². The predicted octanol–water partition coefficient (Wildman–Crippen LogP) is 3.03. The van der Waals surface area contributed by atoms with Crippen LogP contribution in [0.5, 0.6) is 0 Å². The number of hydrogen-bond acceptors (Lipinski definition) is 9. The first kappa shape index (κ1) is 21.4. The average Bonchev–Trinajstić information content (AvgIpc) is 2.84. The summed E-state index contributed by atoms with van der Waals surface area (Å²) in [5.74, 6) is 2.11. The van der Waals surface area contributed by atoms with Gasteiger partial charge in [-0.05, 0) is 30.7 Å². The number of hydrogen-bond donors (Lipinski definition) is 1. The molecule has 2 fully saturated rings. The van der Waals surface area contributed by atoms with Gasteiger partial charge in [0.15, 0.2) is 0 Å². The number of piperazine rings is 1. The predicted molar refractivity (Wildman–Crippen MR) is 127 cm³/mol.